The quantitative estimate of drug-likeness (QED) is 0.183. The zero-order chi connectivity index (χ0) is 32.3. The summed E-state index contributed by atoms with van der Waals surface area (Å²) in [4.78, 5) is 15.3. The van der Waals surface area contributed by atoms with Gasteiger partial charge in [-0.2, -0.15) is 0 Å². The maximum absolute atomic E-state index is 6.22. The van der Waals surface area contributed by atoms with Crippen molar-refractivity contribution >= 4 is 54.3 Å². The maximum atomic E-state index is 6.22. The summed E-state index contributed by atoms with van der Waals surface area (Å²) >= 11 is 0. The van der Waals surface area contributed by atoms with E-state index >= 15 is 0 Å². The zero-order valence-corrected chi connectivity index (χ0v) is 26.3. The van der Waals surface area contributed by atoms with Crippen LogP contribution in [0.25, 0.3) is 99.5 Å². The third-order valence-corrected chi connectivity index (χ3v) is 9.51. The largest absolute Gasteiger partial charge is 0.456 e. The second-order valence-electron chi connectivity index (χ2n) is 12.4. The number of fused-ring (bicyclic) bond motifs is 7. The molecule has 0 aliphatic carbocycles. The lowest BCUT2D eigenvalue weighted by molar-refractivity contribution is 0.669. The third-order valence-electron chi connectivity index (χ3n) is 9.51. The SMILES string of the molecule is c1ccc2cc(-c3nc(-c4ccc(-c5ccc6c(ccc7ccccc76)c5)cc4)nc(-c4cccc5oc6ccccc6c45)n3)ccc2c1. The van der Waals surface area contributed by atoms with Crippen LogP contribution in [0, 0.1) is 0 Å². The molecule has 0 spiro atoms. The average molecular weight is 626 g/mol. The van der Waals surface area contributed by atoms with Crippen molar-refractivity contribution in [2.45, 2.75) is 0 Å². The van der Waals surface area contributed by atoms with Crippen LogP contribution in [0.3, 0.4) is 0 Å². The first kappa shape index (κ1) is 27.5. The molecule has 0 saturated carbocycles. The zero-order valence-electron chi connectivity index (χ0n) is 26.3. The average Bonchev–Trinajstić information content (AvgIpc) is 3.56. The predicted molar refractivity (Wildman–Crippen MR) is 201 cm³/mol. The van der Waals surface area contributed by atoms with E-state index in [9.17, 15) is 0 Å². The summed E-state index contributed by atoms with van der Waals surface area (Å²) in [5.74, 6) is 1.85. The molecule has 10 rings (SSSR count). The fourth-order valence-corrected chi connectivity index (χ4v) is 7.05. The van der Waals surface area contributed by atoms with E-state index in [1.165, 1.54) is 32.5 Å². The Bertz CT molecular complexity index is 2890. The van der Waals surface area contributed by atoms with Crippen LogP contribution < -0.4 is 0 Å². The van der Waals surface area contributed by atoms with E-state index in [0.717, 1.165) is 49.6 Å². The smallest absolute Gasteiger partial charge is 0.164 e. The molecule has 228 valence electrons. The van der Waals surface area contributed by atoms with E-state index in [-0.39, 0.29) is 0 Å². The van der Waals surface area contributed by atoms with Crippen LogP contribution in [0.1, 0.15) is 0 Å². The Kier molecular flexibility index (Phi) is 6.15. The van der Waals surface area contributed by atoms with Crippen molar-refractivity contribution in [3.63, 3.8) is 0 Å². The third kappa shape index (κ3) is 4.65. The second-order valence-corrected chi connectivity index (χ2v) is 12.4. The van der Waals surface area contributed by atoms with Crippen LogP contribution in [0.4, 0.5) is 0 Å². The minimum atomic E-state index is 0.608. The van der Waals surface area contributed by atoms with E-state index in [1.54, 1.807) is 0 Å². The van der Waals surface area contributed by atoms with Gasteiger partial charge in [0.05, 0.1) is 0 Å². The molecule has 0 aliphatic heterocycles. The number of rotatable bonds is 4. The Balaban J connectivity index is 1.11. The Morgan fingerprint density at radius 1 is 0.327 bits per heavy atom. The highest BCUT2D eigenvalue weighted by Crippen LogP contribution is 2.37. The van der Waals surface area contributed by atoms with Gasteiger partial charge in [0.1, 0.15) is 11.2 Å². The molecule has 0 unspecified atom stereocenters. The number of aromatic nitrogens is 3. The first-order valence-electron chi connectivity index (χ1n) is 16.4. The van der Waals surface area contributed by atoms with Gasteiger partial charge in [0, 0.05) is 27.5 Å². The summed E-state index contributed by atoms with van der Waals surface area (Å²) < 4.78 is 6.22. The van der Waals surface area contributed by atoms with Crippen LogP contribution in [-0.2, 0) is 0 Å². The Labute approximate surface area is 282 Å². The van der Waals surface area contributed by atoms with Gasteiger partial charge in [0.15, 0.2) is 17.5 Å². The molecular weight excluding hydrogens is 599 g/mol. The molecule has 0 bridgehead atoms. The molecule has 10 aromatic rings. The molecule has 0 amide bonds. The fraction of sp³-hybridized carbons (Fsp3) is 0. The van der Waals surface area contributed by atoms with Crippen LogP contribution in [-0.4, -0.2) is 15.0 Å². The molecule has 49 heavy (non-hydrogen) atoms. The van der Waals surface area contributed by atoms with E-state index < -0.39 is 0 Å². The number of hydrogen-bond acceptors (Lipinski definition) is 4. The molecule has 2 aromatic heterocycles. The molecule has 0 fully saturated rings. The van der Waals surface area contributed by atoms with Gasteiger partial charge in [-0.3, -0.25) is 0 Å². The fourth-order valence-electron chi connectivity index (χ4n) is 7.05. The summed E-state index contributed by atoms with van der Waals surface area (Å²) in [5, 5.41) is 9.36. The summed E-state index contributed by atoms with van der Waals surface area (Å²) in [5.41, 5.74) is 6.72. The first-order chi connectivity index (χ1) is 24.2. The molecule has 8 aromatic carbocycles. The lowest BCUT2D eigenvalue weighted by Gasteiger charge is -2.11. The number of hydrogen-bond donors (Lipinski definition) is 0. The minimum Gasteiger partial charge on any atom is -0.456 e. The Hall–Kier alpha value is -6.65. The molecule has 0 aliphatic rings. The van der Waals surface area contributed by atoms with E-state index in [1.807, 2.05) is 30.3 Å². The predicted octanol–water partition coefficient (Wildman–Crippen LogP) is 11.9. The van der Waals surface area contributed by atoms with Gasteiger partial charge in [0.2, 0.25) is 0 Å². The van der Waals surface area contributed by atoms with Gasteiger partial charge in [-0.15, -0.1) is 0 Å². The Morgan fingerprint density at radius 2 is 0.898 bits per heavy atom. The number of nitrogens with zero attached hydrogens (tertiary/aromatic N) is 3. The maximum Gasteiger partial charge on any atom is 0.164 e. The molecule has 4 heteroatoms. The van der Waals surface area contributed by atoms with Gasteiger partial charge < -0.3 is 4.42 Å². The highest BCUT2D eigenvalue weighted by molar-refractivity contribution is 6.12. The highest BCUT2D eigenvalue weighted by Gasteiger charge is 2.18. The molecule has 0 saturated heterocycles. The van der Waals surface area contributed by atoms with Gasteiger partial charge in [-0.1, -0.05) is 140 Å². The molecule has 4 nitrogen and oxygen atoms in total. The van der Waals surface area contributed by atoms with Crippen molar-refractivity contribution in [3.8, 4) is 45.3 Å². The molecular formula is C45H27N3O. The van der Waals surface area contributed by atoms with E-state index in [4.69, 9.17) is 19.4 Å². The minimum absolute atomic E-state index is 0.608. The lowest BCUT2D eigenvalue weighted by Crippen LogP contribution is -2.00. The molecule has 0 radical (unpaired) electrons. The highest BCUT2D eigenvalue weighted by atomic mass is 16.3. The van der Waals surface area contributed by atoms with Crippen molar-refractivity contribution in [2.24, 2.45) is 0 Å². The van der Waals surface area contributed by atoms with Crippen molar-refractivity contribution in [3.05, 3.63) is 164 Å². The Morgan fingerprint density at radius 3 is 1.78 bits per heavy atom. The van der Waals surface area contributed by atoms with Crippen molar-refractivity contribution in [2.75, 3.05) is 0 Å². The topological polar surface area (TPSA) is 51.8 Å². The first-order valence-corrected chi connectivity index (χ1v) is 16.4. The van der Waals surface area contributed by atoms with Crippen LogP contribution in [0.15, 0.2) is 168 Å². The molecule has 2 heterocycles. The normalized spacial score (nSPS) is 11.7. The monoisotopic (exact) mass is 625 g/mol. The molecule has 0 N–H and O–H groups in total. The van der Waals surface area contributed by atoms with Gasteiger partial charge in [-0.25, -0.2) is 15.0 Å². The number of benzene rings is 8. The standard InChI is InChI=1S/C45H27N3O/c1-2-10-32-27-35(23-18-28(32)8-1)44-46-43(47-45(48-44)39-13-7-15-41-42(39)38-12-5-6-14-40(38)49-41)31-20-16-29(17-21-31)33-24-25-37-34(26-33)22-19-30-9-3-4-11-36(30)37/h1-27H. The lowest BCUT2D eigenvalue weighted by atomic mass is 9.97. The van der Waals surface area contributed by atoms with Crippen molar-refractivity contribution in [1.82, 2.24) is 15.0 Å². The summed E-state index contributed by atoms with van der Waals surface area (Å²) in [7, 11) is 0. The summed E-state index contributed by atoms with van der Waals surface area (Å²) in [6, 6.07) is 57.1. The summed E-state index contributed by atoms with van der Waals surface area (Å²) in [6.45, 7) is 0. The number of para-hydroxylation sites is 1. The van der Waals surface area contributed by atoms with Crippen molar-refractivity contribution < 1.29 is 4.42 Å². The van der Waals surface area contributed by atoms with Gasteiger partial charge in [-0.05, 0) is 67.7 Å². The second kappa shape index (κ2) is 11.0. The number of furan rings is 1. The molecule has 0 atom stereocenters. The van der Waals surface area contributed by atoms with Gasteiger partial charge in [0.25, 0.3) is 0 Å². The van der Waals surface area contributed by atoms with E-state index in [2.05, 4.69) is 133 Å². The van der Waals surface area contributed by atoms with Gasteiger partial charge >= 0.3 is 0 Å². The van der Waals surface area contributed by atoms with E-state index in [0.29, 0.717) is 17.5 Å². The summed E-state index contributed by atoms with van der Waals surface area (Å²) in [6.07, 6.45) is 0. The van der Waals surface area contributed by atoms with Crippen LogP contribution in [0.5, 0.6) is 0 Å². The van der Waals surface area contributed by atoms with Crippen LogP contribution >= 0.6 is 0 Å². The van der Waals surface area contributed by atoms with Crippen LogP contribution in [0.2, 0.25) is 0 Å². The van der Waals surface area contributed by atoms with Crippen molar-refractivity contribution in [1.29, 1.82) is 0 Å².